The van der Waals surface area contributed by atoms with Crippen molar-refractivity contribution in [2.75, 3.05) is 19.8 Å². The SMILES string of the molecule is CCCCCCCCC/C=C/C/C=C/C/C=C/C/C=C/CCCC(=O)O[C@@H](COC(=O)CCCCCCCCCCCCCCCCCCCCCCCC)CO[C@H]1O[C@@H](CO)[C@@H](O)C(O)C1O. The first kappa shape index (κ1) is 63.7. The van der Waals surface area contributed by atoms with E-state index in [1.54, 1.807) is 0 Å². The average Bonchev–Trinajstić information content (AvgIpc) is 3.34. The molecule has 4 N–H and O–H groups in total. The van der Waals surface area contributed by atoms with Crippen molar-refractivity contribution in [3.05, 3.63) is 48.6 Å². The van der Waals surface area contributed by atoms with Crippen LogP contribution in [0, 0.1) is 0 Å². The van der Waals surface area contributed by atoms with E-state index >= 15 is 0 Å². The minimum atomic E-state index is -1.61. The van der Waals surface area contributed by atoms with Gasteiger partial charge in [-0.05, 0) is 51.4 Å². The molecule has 2 unspecified atom stereocenters. The molecule has 1 fully saturated rings. The number of unbranched alkanes of at least 4 members (excludes halogenated alkanes) is 29. The van der Waals surface area contributed by atoms with Gasteiger partial charge in [-0.2, -0.15) is 0 Å². The van der Waals surface area contributed by atoms with E-state index in [0.717, 1.165) is 38.5 Å². The molecule has 396 valence electrons. The van der Waals surface area contributed by atoms with Crippen molar-refractivity contribution in [3.8, 4) is 0 Å². The first-order valence-corrected chi connectivity index (χ1v) is 28.2. The number of rotatable bonds is 48. The zero-order chi connectivity index (χ0) is 49.4. The molecule has 0 aromatic rings. The number of hydrogen-bond acceptors (Lipinski definition) is 10. The summed E-state index contributed by atoms with van der Waals surface area (Å²) in [4.78, 5) is 25.5. The summed E-state index contributed by atoms with van der Waals surface area (Å²) in [7, 11) is 0. The van der Waals surface area contributed by atoms with E-state index in [0.29, 0.717) is 12.8 Å². The van der Waals surface area contributed by atoms with E-state index in [1.807, 2.05) is 6.08 Å². The molecule has 10 heteroatoms. The van der Waals surface area contributed by atoms with Gasteiger partial charge in [-0.25, -0.2) is 0 Å². The largest absolute Gasteiger partial charge is 0.462 e. The van der Waals surface area contributed by atoms with Crippen molar-refractivity contribution in [1.29, 1.82) is 0 Å². The van der Waals surface area contributed by atoms with Crippen LogP contribution in [-0.2, 0) is 28.5 Å². The van der Waals surface area contributed by atoms with Gasteiger partial charge in [0.25, 0.3) is 0 Å². The molecule has 0 aromatic heterocycles. The van der Waals surface area contributed by atoms with Crippen LogP contribution in [0.3, 0.4) is 0 Å². The predicted molar refractivity (Wildman–Crippen MR) is 279 cm³/mol. The normalized spacial score (nSPS) is 19.3. The van der Waals surface area contributed by atoms with Gasteiger partial charge in [0, 0.05) is 12.8 Å². The summed E-state index contributed by atoms with van der Waals surface area (Å²) in [6, 6.07) is 0. The van der Waals surface area contributed by atoms with Crippen molar-refractivity contribution in [3.63, 3.8) is 0 Å². The summed E-state index contributed by atoms with van der Waals surface area (Å²) in [5, 5.41) is 40.3. The Balaban J connectivity index is 2.25. The minimum absolute atomic E-state index is 0.155. The maximum absolute atomic E-state index is 12.8. The fourth-order valence-electron chi connectivity index (χ4n) is 8.54. The molecule has 1 aliphatic rings. The molecule has 10 nitrogen and oxygen atoms in total. The molecule has 0 aromatic carbocycles. The Bertz CT molecular complexity index is 1250. The number of ether oxygens (including phenoxy) is 4. The predicted octanol–water partition coefficient (Wildman–Crippen LogP) is 14.0. The van der Waals surface area contributed by atoms with E-state index in [4.69, 9.17) is 18.9 Å². The molecule has 0 amide bonds. The van der Waals surface area contributed by atoms with Crippen molar-refractivity contribution in [1.82, 2.24) is 0 Å². The van der Waals surface area contributed by atoms with Crippen molar-refractivity contribution < 1.29 is 49.0 Å². The third-order valence-electron chi connectivity index (χ3n) is 13.0. The van der Waals surface area contributed by atoms with Gasteiger partial charge in [-0.15, -0.1) is 0 Å². The van der Waals surface area contributed by atoms with Crippen LogP contribution in [0.1, 0.15) is 251 Å². The van der Waals surface area contributed by atoms with Gasteiger partial charge in [-0.3, -0.25) is 9.59 Å². The van der Waals surface area contributed by atoms with E-state index in [1.165, 1.54) is 173 Å². The lowest BCUT2D eigenvalue weighted by Gasteiger charge is -2.39. The summed E-state index contributed by atoms with van der Waals surface area (Å²) >= 11 is 0. The lowest BCUT2D eigenvalue weighted by atomic mass is 9.99. The molecule has 6 atom stereocenters. The quantitative estimate of drug-likeness (QED) is 0.0263. The topological polar surface area (TPSA) is 152 Å². The summed E-state index contributed by atoms with van der Waals surface area (Å²) in [5.41, 5.74) is 0. The molecule has 0 spiro atoms. The maximum atomic E-state index is 12.8. The number of aliphatic hydroxyl groups excluding tert-OH is 4. The van der Waals surface area contributed by atoms with Crippen molar-refractivity contribution >= 4 is 11.9 Å². The Morgan fingerprint density at radius 1 is 0.456 bits per heavy atom. The highest BCUT2D eigenvalue weighted by Crippen LogP contribution is 2.23. The van der Waals surface area contributed by atoms with Gasteiger partial charge in [0.05, 0.1) is 13.2 Å². The Kier molecular flexibility index (Phi) is 45.2. The highest BCUT2D eigenvalue weighted by Gasteiger charge is 2.44. The van der Waals surface area contributed by atoms with Crippen molar-refractivity contribution in [2.24, 2.45) is 0 Å². The monoisotopic (exact) mass is 961 g/mol. The van der Waals surface area contributed by atoms with Crippen LogP contribution >= 0.6 is 0 Å². The Morgan fingerprint density at radius 2 is 0.838 bits per heavy atom. The summed E-state index contributed by atoms with van der Waals surface area (Å²) in [6.45, 7) is 3.41. The van der Waals surface area contributed by atoms with Crippen LogP contribution in [0.4, 0.5) is 0 Å². The van der Waals surface area contributed by atoms with E-state index in [9.17, 15) is 30.0 Å². The molecule has 0 aliphatic carbocycles. The lowest BCUT2D eigenvalue weighted by molar-refractivity contribution is -0.305. The second kappa shape index (κ2) is 48.3. The second-order valence-corrected chi connectivity index (χ2v) is 19.4. The molecule has 68 heavy (non-hydrogen) atoms. The molecule has 1 aliphatic heterocycles. The average molecular weight is 961 g/mol. The van der Waals surface area contributed by atoms with Gasteiger partial charge in [0.1, 0.15) is 31.0 Å². The standard InChI is InChI=1S/C58H104O10/c1-3-5-7-9-11-13-15-17-19-21-23-25-27-28-30-32-34-36-38-40-42-44-46-53(60)65-49-51(50-66-58-57(64)56(63)55(62)52(48-59)68-58)67-54(61)47-45-43-41-39-37-35-33-31-29-26-24-22-20-18-16-14-12-10-8-6-4-2/h20,22,26,29,33,35,39,41,51-52,55-59,62-64H,3-19,21,23-25,27-28,30-32,34,36-38,40,42-50H2,1-2H3/b22-20+,29-26+,35-33+,41-39+/t51-,52-,55+,56?,57?,58-/m0/s1. The fraction of sp³-hybridized carbons (Fsp3) is 0.828. The first-order chi connectivity index (χ1) is 33.3. The number of aliphatic hydroxyl groups is 4. The highest BCUT2D eigenvalue weighted by atomic mass is 16.7. The van der Waals surface area contributed by atoms with Crippen LogP contribution in [0.15, 0.2) is 48.6 Å². The Hall–Kier alpha value is -2.34. The van der Waals surface area contributed by atoms with E-state index in [-0.39, 0.29) is 32.0 Å². The Morgan fingerprint density at radius 3 is 1.28 bits per heavy atom. The van der Waals surface area contributed by atoms with Crippen LogP contribution in [-0.4, -0.2) is 89.0 Å². The van der Waals surface area contributed by atoms with Gasteiger partial charge in [-0.1, -0.05) is 236 Å². The molecule has 0 radical (unpaired) electrons. The summed E-state index contributed by atoms with van der Waals surface area (Å²) in [5.74, 6) is -0.862. The molecular weight excluding hydrogens is 857 g/mol. The van der Waals surface area contributed by atoms with Gasteiger partial charge < -0.3 is 39.4 Å². The Labute approximate surface area is 416 Å². The van der Waals surface area contributed by atoms with Crippen LogP contribution in [0.5, 0.6) is 0 Å². The fourth-order valence-corrected chi connectivity index (χ4v) is 8.54. The third kappa shape index (κ3) is 38.4. The maximum Gasteiger partial charge on any atom is 0.306 e. The van der Waals surface area contributed by atoms with Crippen molar-refractivity contribution in [2.45, 2.75) is 288 Å². The molecule has 1 heterocycles. The number of carbonyl (C=O) groups is 2. The second-order valence-electron chi connectivity index (χ2n) is 19.4. The van der Waals surface area contributed by atoms with Crippen LogP contribution < -0.4 is 0 Å². The molecule has 1 rings (SSSR count). The van der Waals surface area contributed by atoms with E-state index < -0.39 is 49.4 Å². The van der Waals surface area contributed by atoms with Gasteiger partial charge >= 0.3 is 11.9 Å². The third-order valence-corrected chi connectivity index (χ3v) is 13.0. The minimum Gasteiger partial charge on any atom is -0.462 e. The lowest BCUT2D eigenvalue weighted by Crippen LogP contribution is -2.59. The van der Waals surface area contributed by atoms with Crippen LogP contribution in [0.2, 0.25) is 0 Å². The van der Waals surface area contributed by atoms with Gasteiger partial charge in [0.2, 0.25) is 0 Å². The number of esters is 2. The highest BCUT2D eigenvalue weighted by molar-refractivity contribution is 5.70. The summed E-state index contributed by atoms with van der Waals surface area (Å²) in [6.07, 6.45) is 52.8. The zero-order valence-corrected chi connectivity index (χ0v) is 43.6. The zero-order valence-electron chi connectivity index (χ0n) is 43.6. The van der Waals surface area contributed by atoms with E-state index in [2.05, 4.69) is 56.4 Å². The number of hydrogen-bond donors (Lipinski definition) is 4. The smallest absolute Gasteiger partial charge is 0.306 e. The first-order valence-electron chi connectivity index (χ1n) is 28.2. The summed E-state index contributed by atoms with van der Waals surface area (Å²) < 4.78 is 22.2. The molecular formula is C58H104O10. The van der Waals surface area contributed by atoms with Gasteiger partial charge in [0.15, 0.2) is 12.4 Å². The number of allylic oxidation sites excluding steroid dienone is 8. The molecule has 0 saturated carbocycles. The molecule has 0 bridgehead atoms. The van der Waals surface area contributed by atoms with Crippen LogP contribution in [0.25, 0.3) is 0 Å². The molecule has 1 saturated heterocycles. The number of carbonyl (C=O) groups excluding carboxylic acids is 2.